The average Bonchev–Trinajstić information content (AvgIpc) is 3.40. The van der Waals surface area contributed by atoms with Crippen LogP contribution in [0.4, 0.5) is 10.1 Å². The Bertz CT molecular complexity index is 1120. The van der Waals surface area contributed by atoms with E-state index in [1.807, 2.05) is 18.2 Å². The van der Waals surface area contributed by atoms with Gasteiger partial charge in [-0.05, 0) is 48.2 Å². The molecule has 6 heteroatoms. The van der Waals surface area contributed by atoms with Crippen molar-refractivity contribution in [2.75, 3.05) is 11.9 Å². The summed E-state index contributed by atoms with van der Waals surface area (Å²) in [6.45, 7) is 0.594. The molecule has 1 saturated carbocycles. The van der Waals surface area contributed by atoms with Gasteiger partial charge in [0.15, 0.2) is 0 Å². The molecule has 5 nitrogen and oxygen atoms in total. The third-order valence-electron chi connectivity index (χ3n) is 5.94. The molecule has 1 fully saturated rings. The van der Waals surface area contributed by atoms with Gasteiger partial charge < -0.3 is 15.2 Å². The van der Waals surface area contributed by atoms with Crippen LogP contribution in [0.5, 0.6) is 5.75 Å². The third-order valence-corrected chi connectivity index (χ3v) is 5.94. The molecule has 0 radical (unpaired) electrons. The van der Waals surface area contributed by atoms with Crippen LogP contribution in [-0.2, 0) is 5.41 Å². The largest absolute Gasteiger partial charge is 0.493 e. The summed E-state index contributed by atoms with van der Waals surface area (Å²) in [4.78, 5) is 15.5. The molecule has 0 unspecified atom stereocenters. The number of halogens is 1. The molecule has 29 heavy (non-hydrogen) atoms. The van der Waals surface area contributed by atoms with Gasteiger partial charge in [0.25, 0.3) is 0 Å². The van der Waals surface area contributed by atoms with E-state index >= 15 is 0 Å². The van der Waals surface area contributed by atoms with Gasteiger partial charge in [0.05, 0.1) is 24.1 Å². The van der Waals surface area contributed by atoms with Gasteiger partial charge in [0.2, 0.25) is 0 Å². The molecule has 146 valence electrons. The number of nitrogens with zero attached hydrogens (tertiary/aromatic N) is 1. The zero-order chi connectivity index (χ0) is 20.0. The second kappa shape index (κ2) is 6.58. The monoisotopic (exact) mass is 390 g/mol. The number of nitrogens with one attached hydrogen (secondary N) is 1. The van der Waals surface area contributed by atoms with Gasteiger partial charge in [-0.1, -0.05) is 24.3 Å². The van der Waals surface area contributed by atoms with Crippen LogP contribution in [0.3, 0.4) is 0 Å². The maximum Gasteiger partial charge on any atom is 0.337 e. The summed E-state index contributed by atoms with van der Waals surface area (Å²) in [5.74, 6) is -0.432. The van der Waals surface area contributed by atoms with E-state index in [0.29, 0.717) is 12.3 Å². The van der Waals surface area contributed by atoms with E-state index in [9.17, 15) is 14.3 Å². The zero-order valence-electron chi connectivity index (χ0n) is 15.6. The molecule has 2 N–H and O–H groups in total. The molecule has 0 bridgehead atoms. The van der Waals surface area contributed by atoms with Gasteiger partial charge in [-0.3, -0.25) is 4.98 Å². The van der Waals surface area contributed by atoms with Crippen molar-refractivity contribution in [3.8, 4) is 16.9 Å². The van der Waals surface area contributed by atoms with Crippen LogP contribution in [0.2, 0.25) is 0 Å². The molecule has 0 amide bonds. The Morgan fingerprint density at radius 1 is 1.21 bits per heavy atom. The fraction of sp³-hybridized carbons (Fsp3) is 0.217. The van der Waals surface area contributed by atoms with Crippen molar-refractivity contribution in [1.82, 2.24) is 4.98 Å². The number of rotatable bonds is 4. The molecule has 2 heterocycles. The lowest BCUT2D eigenvalue weighted by atomic mass is 9.87. The number of anilines is 1. The smallest absolute Gasteiger partial charge is 0.337 e. The Morgan fingerprint density at radius 2 is 2.07 bits per heavy atom. The van der Waals surface area contributed by atoms with Crippen LogP contribution >= 0.6 is 0 Å². The van der Waals surface area contributed by atoms with E-state index in [0.717, 1.165) is 35.3 Å². The minimum atomic E-state index is -0.975. The number of hydrogen-bond acceptors (Lipinski definition) is 4. The highest BCUT2D eigenvalue weighted by Gasteiger charge is 2.58. The molecule has 3 aromatic rings. The molecule has 2 aliphatic rings. The molecular weight excluding hydrogens is 371 g/mol. The van der Waals surface area contributed by atoms with Crippen molar-refractivity contribution in [3.63, 3.8) is 0 Å². The fourth-order valence-corrected chi connectivity index (χ4v) is 4.33. The number of aromatic nitrogens is 1. The number of carbonyl (C=O) groups is 1. The predicted octanol–water partition coefficient (Wildman–Crippen LogP) is 4.49. The van der Waals surface area contributed by atoms with Crippen LogP contribution in [0, 0.1) is 5.82 Å². The van der Waals surface area contributed by atoms with Crippen LogP contribution in [0.25, 0.3) is 11.1 Å². The van der Waals surface area contributed by atoms with Crippen molar-refractivity contribution in [2.45, 2.75) is 24.3 Å². The Hall–Kier alpha value is -3.41. The van der Waals surface area contributed by atoms with E-state index < -0.39 is 5.97 Å². The number of aromatic carboxylic acids is 1. The lowest BCUT2D eigenvalue weighted by Gasteiger charge is -2.28. The molecule has 1 aliphatic heterocycles. The summed E-state index contributed by atoms with van der Waals surface area (Å²) < 4.78 is 19.5. The van der Waals surface area contributed by atoms with Gasteiger partial charge in [0, 0.05) is 23.2 Å². The maximum atomic E-state index is 13.6. The quantitative estimate of drug-likeness (QED) is 0.687. The minimum Gasteiger partial charge on any atom is -0.493 e. The van der Waals surface area contributed by atoms with Crippen molar-refractivity contribution >= 4 is 11.7 Å². The molecule has 0 saturated heterocycles. The Balaban J connectivity index is 1.44. The van der Waals surface area contributed by atoms with Gasteiger partial charge in [-0.2, -0.15) is 0 Å². The first-order chi connectivity index (χ1) is 14.1. The van der Waals surface area contributed by atoms with Crippen molar-refractivity contribution < 1.29 is 19.0 Å². The number of carboxylic acid groups (broad SMARTS) is 1. The summed E-state index contributed by atoms with van der Waals surface area (Å²) >= 11 is 0. The number of carboxylic acids is 1. The first kappa shape index (κ1) is 17.7. The van der Waals surface area contributed by atoms with Crippen LogP contribution in [-0.4, -0.2) is 28.7 Å². The second-order valence-corrected chi connectivity index (χ2v) is 7.60. The van der Waals surface area contributed by atoms with E-state index in [1.165, 1.54) is 24.4 Å². The summed E-state index contributed by atoms with van der Waals surface area (Å²) in [7, 11) is 0. The topological polar surface area (TPSA) is 71.5 Å². The van der Waals surface area contributed by atoms with Gasteiger partial charge in [0.1, 0.15) is 11.6 Å². The first-order valence-electron chi connectivity index (χ1n) is 9.54. The average molecular weight is 390 g/mol. The molecular formula is C23H19FN2O3. The zero-order valence-corrected chi connectivity index (χ0v) is 15.6. The van der Waals surface area contributed by atoms with Crippen molar-refractivity contribution in [1.29, 1.82) is 0 Å². The first-order valence-corrected chi connectivity index (χ1v) is 9.54. The number of pyridine rings is 1. The summed E-state index contributed by atoms with van der Waals surface area (Å²) in [6.07, 6.45) is 4.80. The van der Waals surface area contributed by atoms with E-state index in [-0.39, 0.29) is 22.8 Å². The fourth-order valence-electron chi connectivity index (χ4n) is 4.33. The summed E-state index contributed by atoms with van der Waals surface area (Å²) in [6, 6.07) is 14.1. The second-order valence-electron chi connectivity index (χ2n) is 7.60. The maximum absolute atomic E-state index is 13.6. The van der Waals surface area contributed by atoms with Crippen LogP contribution in [0.15, 0.2) is 60.9 Å². The van der Waals surface area contributed by atoms with E-state index in [4.69, 9.17) is 4.74 Å². The predicted molar refractivity (Wildman–Crippen MR) is 107 cm³/mol. The van der Waals surface area contributed by atoms with E-state index in [2.05, 4.69) is 16.4 Å². The number of ether oxygens (including phenoxy) is 1. The standard InChI is InChI=1S/C23H19FN2O3/c24-16-3-1-2-14(10-16)15-4-5-18-20(11-15)29-9-7-23(18)12-21(23)26-19-13-25-8-6-17(19)22(27)28/h1-6,8,10-11,13,21,26H,7,9,12H2,(H,27,28)/t21-,23+/m1/s1. The third kappa shape index (κ3) is 3.01. The van der Waals surface area contributed by atoms with Crippen LogP contribution in [0.1, 0.15) is 28.8 Å². The number of fused-ring (bicyclic) bond motifs is 2. The van der Waals surface area contributed by atoms with Crippen LogP contribution < -0.4 is 10.1 Å². The number of benzene rings is 2. The molecule has 1 aromatic heterocycles. The Labute approximate surface area is 167 Å². The summed E-state index contributed by atoms with van der Waals surface area (Å²) in [5.41, 5.74) is 3.50. The molecule has 1 aliphatic carbocycles. The minimum absolute atomic E-state index is 0.0837. The lowest BCUT2D eigenvalue weighted by molar-refractivity contribution is 0.0697. The number of hydrogen-bond donors (Lipinski definition) is 2. The van der Waals surface area contributed by atoms with Gasteiger partial charge >= 0.3 is 5.97 Å². The molecule has 2 atom stereocenters. The Kier molecular flexibility index (Phi) is 4.01. The van der Waals surface area contributed by atoms with E-state index in [1.54, 1.807) is 12.3 Å². The lowest BCUT2D eigenvalue weighted by Crippen LogP contribution is -2.26. The SMILES string of the molecule is O=C(O)c1ccncc1N[C@@H]1C[C@]12CCOc1cc(-c3cccc(F)c3)ccc12. The van der Waals surface area contributed by atoms with Gasteiger partial charge in [-0.15, -0.1) is 0 Å². The highest BCUT2D eigenvalue weighted by Crippen LogP contribution is 2.57. The molecule has 2 aromatic carbocycles. The molecule has 1 spiro atoms. The highest BCUT2D eigenvalue weighted by molar-refractivity contribution is 5.94. The van der Waals surface area contributed by atoms with Gasteiger partial charge in [-0.25, -0.2) is 9.18 Å². The summed E-state index contributed by atoms with van der Waals surface area (Å²) in [5, 5.41) is 12.8. The normalized spacial score (nSPS) is 21.9. The van der Waals surface area contributed by atoms with Crippen molar-refractivity contribution in [3.05, 3.63) is 77.9 Å². The Morgan fingerprint density at radius 3 is 2.90 bits per heavy atom. The molecule has 5 rings (SSSR count). The highest BCUT2D eigenvalue weighted by atomic mass is 19.1. The van der Waals surface area contributed by atoms with Crippen molar-refractivity contribution in [2.24, 2.45) is 0 Å².